The maximum atomic E-state index is 13.0. The summed E-state index contributed by atoms with van der Waals surface area (Å²) in [6, 6.07) is 6.39. The molecular weight excluding hydrogens is 435 g/mol. The minimum Gasteiger partial charge on any atom is -0.390 e. The number of carbonyl (C=O) groups excluding carboxylic acids is 1. The summed E-state index contributed by atoms with van der Waals surface area (Å²) in [5.74, 6) is -0.276. The number of hydrogen-bond acceptors (Lipinski definition) is 6. The number of rotatable bonds is 9. The quantitative estimate of drug-likeness (QED) is 0.538. The van der Waals surface area contributed by atoms with E-state index in [1.807, 2.05) is 22.8 Å². The lowest BCUT2D eigenvalue weighted by atomic mass is 9.98. The van der Waals surface area contributed by atoms with E-state index < -0.39 is 23.9 Å². The van der Waals surface area contributed by atoms with Gasteiger partial charge in [0.25, 0.3) is 0 Å². The minimum atomic E-state index is -4.40. The Bertz CT molecular complexity index is 859. The van der Waals surface area contributed by atoms with E-state index in [1.54, 1.807) is 6.07 Å². The third kappa shape index (κ3) is 6.23. The van der Waals surface area contributed by atoms with Crippen LogP contribution >= 0.6 is 0 Å². The van der Waals surface area contributed by atoms with E-state index in [4.69, 9.17) is 11.0 Å². The van der Waals surface area contributed by atoms with E-state index in [1.165, 1.54) is 11.0 Å². The van der Waals surface area contributed by atoms with Crippen LogP contribution in [0.25, 0.3) is 0 Å². The second kappa shape index (κ2) is 10.8. The predicted octanol–water partition coefficient (Wildman–Crippen LogP) is 1.80. The van der Waals surface area contributed by atoms with Crippen molar-refractivity contribution in [3.05, 3.63) is 35.4 Å². The van der Waals surface area contributed by atoms with Gasteiger partial charge >= 0.3 is 6.18 Å². The average Bonchev–Trinajstić information content (AvgIpc) is 3.14. The molecule has 182 valence electrons. The monoisotopic (exact) mass is 467 g/mol. The van der Waals surface area contributed by atoms with Crippen molar-refractivity contribution in [2.75, 3.05) is 32.7 Å². The number of aliphatic hydroxyl groups is 1. The number of likely N-dealkylation sites (tertiary alicyclic amines) is 2. The molecule has 0 saturated carbocycles. The molecule has 7 nitrogen and oxygen atoms in total. The molecule has 1 aromatic rings. The number of nitriles is 1. The molecule has 3 rings (SSSR count). The molecule has 3 unspecified atom stereocenters. The summed E-state index contributed by atoms with van der Waals surface area (Å²) in [5, 5.41) is 19.7. The number of nitrogens with zero attached hydrogens (tertiary/aromatic N) is 4. The highest BCUT2D eigenvalue weighted by atomic mass is 19.4. The van der Waals surface area contributed by atoms with E-state index in [0.717, 1.165) is 25.0 Å². The number of alkyl halides is 3. The molecule has 0 radical (unpaired) electrons. The highest BCUT2D eigenvalue weighted by Gasteiger charge is 2.45. The number of unbranched alkanes of at least 4 members (excludes halogenated alkanes) is 1. The van der Waals surface area contributed by atoms with E-state index in [2.05, 4.69) is 0 Å². The zero-order chi connectivity index (χ0) is 24.2. The number of β-amino-alcohol motifs (C(OH)–C–C–N with tert-alkyl or cyclic N) is 1. The number of aliphatic hydroxyl groups excluding tert-OH is 1. The normalized spacial score (nSPS) is 24.5. The molecule has 2 fully saturated rings. The molecule has 4 atom stereocenters. The standard InChI is InChI=1S/C23H32F3N5O2/c1-2-3-8-29(9-7-27)22(33)19(28)14-31-13-18-11-20(31)21(32)15-30(18)12-16-5-4-6-17(10-16)23(24,25)26/h4-6,10,18-21,32H,2-3,8-9,11-15,28H2,1H3/t18?,19-,20?,21?/m0/s1. The van der Waals surface area contributed by atoms with E-state index in [-0.39, 0.29) is 31.1 Å². The summed E-state index contributed by atoms with van der Waals surface area (Å²) < 4.78 is 39.1. The first-order chi connectivity index (χ1) is 15.6. The van der Waals surface area contributed by atoms with Gasteiger partial charge in [-0.3, -0.25) is 14.6 Å². The zero-order valence-electron chi connectivity index (χ0n) is 18.8. The van der Waals surface area contributed by atoms with Crippen molar-refractivity contribution in [3.8, 4) is 6.07 Å². The fourth-order valence-electron chi connectivity index (χ4n) is 4.84. The van der Waals surface area contributed by atoms with Gasteiger partial charge in [0.1, 0.15) is 6.54 Å². The molecule has 2 saturated heterocycles. The minimum absolute atomic E-state index is 0.00796. The van der Waals surface area contributed by atoms with Gasteiger partial charge in [0.05, 0.1) is 23.8 Å². The average molecular weight is 468 g/mol. The van der Waals surface area contributed by atoms with Gasteiger partial charge < -0.3 is 15.7 Å². The molecule has 1 aromatic carbocycles. The first-order valence-corrected chi connectivity index (χ1v) is 11.4. The lowest BCUT2D eigenvalue weighted by Gasteiger charge is -2.36. The number of hydrogen-bond donors (Lipinski definition) is 2. The molecule has 2 bridgehead atoms. The first-order valence-electron chi connectivity index (χ1n) is 11.4. The fourth-order valence-corrected chi connectivity index (χ4v) is 4.84. The van der Waals surface area contributed by atoms with Crippen molar-refractivity contribution < 1.29 is 23.1 Å². The predicted molar refractivity (Wildman–Crippen MR) is 117 cm³/mol. The fraction of sp³-hybridized carbons (Fsp3) is 0.652. The van der Waals surface area contributed by atoms with Gasteiger partial charge in [-0.15, -0.1) is 0 Å². The Balaban J connectivity index is 1.63. The first kappa shape index (κ1) is 25.4. The van der Waals surface area contributed by atoms with Crippen molar-refractivity contribution in [1.29, 1.82) is 5.26 Å². The van der Waals surface area contributed by atoms with Crippen molar-refractivity contribution >= 4 is 5.91 Å². The topological polar surface area (TPSA) is 96.8 Å². The van der Waals surface area contributed by atoms with Gasteiger partial charge in [0.15, 0.2) is 0 Å². The van der Waals surface area contributed by atoms with Crippen molar-refractivity contribution in [2.24, 2.45) is 5.73 Å². The molecule has 0 aliphatic carbocycles. The highest BCUT2D eigenvalue weighted by Crippen LogP contribution is 2.33. The Morgan fingerprint density at radius 3 is 2.79 bits per heavy atom. The molecule has 2 aliphatic rings. The molecule has 10 heteroatoms. The van der Waals surface area contributed by atoms with Crippen LogP contribution in [0.4, 0.5) is 13.2 Å². The van der Waals surface area contributed by atoms with Gasteiger partial charge in [-0.2, -0.15) is 18.4 Å². The summed E-state index contributed by atoms with van der Waals surface area (Å²) in [4.78, 5) is 18.3. The van der Waals surface area contributed by atoms with Crippen LogP contribution in [-0.2, 0) is 17.5 Å². The van der Waals surface area contributed by atoms with Crippen molar-refractivity contribution in [2.45, 2.75) is 63.1 Å². The van der Waals surface area contributed by atoms with E-state index in [9.17, 15) is 23.1 Å². The SMILES string of the molecule is CCCCN(CC#N)C(=O)[C@@H](N)CN1CC2CC1C(O)CN2Cc1cccc(C(F)(F)F)c1. The number of halogens is 3. The third-order valence-electron chi connectivity index (χ3n) is 6.55. The van der Waals surface area contributed by atoms with Crippen LogP contribution in [0.2, 0.25) is 0 Å². The molecule has 0 aromatic heterocycles. The molecule has 33 heavy (non-hydrogen) atoms. The summed E-state index contributed by atoms with van der Waals surface area (Å²) in [7, 11) is 0. The zero-order valence-corrected chi connectivity index (χ0v) is 18.8. The lowest BCUT2D eigenvalue weighted by molar-refractivity contribution is -0.137. The van der Waals surface area contributed by atoms with Gasteiger partial charge in [0.2, 0.25) is 5.91 Å². The van der Waals surface area contributed by atoms with Crippen LogP contribution in [-0.4, -0.2) is 82.7 Å². The third-order valence-corrected chi connectivity index (χ3v) is 6.55. The number of carbonyl (C=O) groups is 1. The summed E-state index contributed by atoms with van der Waals surface area (Å²) in [6.45, 7) is 3.98. The van der Waals surface area contributed by atoms with Gasteiger partial charge in [0, 0.05) is 44.8 Å². The van der Waals surface area contributed by atoms with Crippen LogP contribution in [0.3, 0.4) is 0 Å². The molecular formula is C23H32F3N5O2. The van der Waals surface area contributed by atoms with E-state index in [0.29, 0.717) is 38.2 Å². The number of amides is 1. The smallest absolute Gasteiger partial charge is 0.390 e. The molecule has 2 heterocycles. The number of benzene rings is 1. The Labute approximate surface area is 192 Å². The summed E-state index contributed by atoms with van der Waals surface area (Å²) >= 11 is 0. The van der Waals surface area contributed by atoms with Crippen molar-refractivity contribution in [1.82, 2.24) is 14.7 Å². The van der Waals surface area contributed by atoms with Crippen molar-refractivity contribution in [3.63, 3.8) is 0 Å². The van der Waals surface area contributed by atoms with E-state index >= 15 is 0 Å². The molecule has 0 spiro atoms. The lowest BCUT2D eigenvalue weighted by Crippen LogP contribution is -2.53. The number of nitrogens with two attached hydrogens (primary N) is 1. The number of fused-ring (bicyclic) bond motifs is 2. The number of piperidine rings is 1. The Kier molecular flexibility index (Phi) is 8.34. The Hall–Kier alpha value is -2.19. The second-order valence-corrected chi connectivity index (χ2v) is 8.98. The maximum absolute atomic E-state index is 13.0. The summed E-state index contributed by atoms with van der Waals surface area (Å²) in [5.41, 5.74) is 6.06. The largest absolute Gasteiger partial charge is 0.416 e. The van der Waals surface area contributed by atoms with Crippen LogP contribution < -0.4 is 5.73 Å². The van der Waals surface area contributed by atoms with Gasteiger partial charge in [-0.1, -0.05) is 31.5 Å². The molecule has 1 amide bonds. The highest BCUT2D eigenvalue weighted by molar-refractivity contribution is 5.82. The Morgan fingerprint density at radius 2 is 2.12 bits per heavy atom. The molecule has 3 N–H and O–H groups in total. The van der Waals surface area contributed by atoms with Crippen LogP contribution in [0, 0.1) is 11.3 Å². The van der Waals surface area contributed by atoms with Crippen LogP contribution in [0.1, 0.15) is 37.3 Å². The van der Waals surface area contributed by atoms with Gasteiger partial charge in [-0.05, 0) is 24.5 Å². The summed E-state index contributed by atoms with van der Waals surface area (Å²) in [6.07, 6.45) is -2.73. The Morgan fingerprint density at radius 1 is 1.36 bits per heavy atom. The molecule has 2 aliphatic heterocycles. The maximum Gasteiger partial charge on any atom is 0.416 e. The van der Waals surface area contributed by atoms with Gasteiger partial charge in [-0.25, -0.2) is 0 Å². The van der Waals surface area contributed by atoms with Crippen LogP contribution in [0.15, 0.2) is 24.3 Å². The van der Waals surface area contributed by atoms with Crippen LogP contribution in [0.5, 0.6) is 0 Å². The second-order valence-electron chi connectivity index (χ2n) is 8.98.